The first kappa shape index (κ1) is 33.6. The molecular formula is C41H52N4O4. The monoisotopic (exact) mass is 664 g/mol. The molecule has 2 aromatic heterocycles. The topological polar surface area (TPSA) is 76.8 Å². The quantitative estimate of drug-likeness (QED) is 0.175. The number of nitrogens with zero attached hydrogens (tertiary/aromatic N) is 4. The Morgan fingerprint density at radius 2 is 1.00 bits per heavy atom. The number of hydrogen-bond donors (Lipinski definition) is 0. The van der Waals surface area contributed by atoms with Crippen LogP contribution in [-0.4, -0.2) is 58.2 Å². The molecule has 3 aromatic carbocycles. The van der Waals surface area contributed by atoms with Crippen molar-refractivity contribution in [2.75, 3.05) is 39.3 Å². The highest BCUT2D eigenvalue weighted by molar-refractivity contribution is 5.73. The fourth-order valence-corrected chi connectivity index (χ4v) is 8.44. The maximum Gasteiger partial charge on any atom is 0.420 e. The summed E-state index contributed by atoms with van der Waals surface area (Å²) in [5.41, 5.74) is 4.66. The Balaban J connectivity index is 0.000000154. The molecule has 49 heavy (non-hydrogen) atoms. The Labute approximate surface area is 289 Å². The molecule has 8 heteroatoms. The highest BCUT2D eigenvalue weighted by Gasteiger charge is 2.26. The van der Waals surface area contributed by atoms with E-state index < -0.39 is 0 Å². The van der Waals surface area contributed by atoms with Crippen LogP contribution in [0.25, 0.3) is 22.2 Å². The van der Waals surface area contributed by atoms with Crippen LogP contribution >= 0.6 is 0 Å². The molecule has 0 radical (unpaired) electrons. The van der Waals surface area contributed by atoms with Crippen molar-refractivity contribution >= 4 is 22.2 Å². The van der Waals surface area contributed by atoms with Crippen molar-refractivity contribution in [3.63, 3.8) is 0 Å². The molecule has 2 saturated heterocycles. The van der Waals surface area contributed by atoms with Crippen LogP contribution in [0, 0.1) is 5.92 Å². The molecule has 0 atom stereocenters. The number of piperidine rings is 2. The van der Waals surface area contributed by atoms with Gasteiger partial charge < -0.3 is 18.6 Å². The summed E-state index contributed by atoms with van der Waals surface area (Å²) >= 11 is 0. The van der Waals surface area contributed by atoms with E-state index in [1.54, 1.807) is 0 Å². The number of aromatic nitrogens is 2. The summed E-state index contributed by atoms with van der Waals surface area (Å²) in [4.78, 5) is 29.6. The highest BCUT2D eigenvalue weighted by Crippen LogP contribution is 2.29. The summed E-state index contributed by atoms with van der Waals surface area (Å²) in [6.45, 7) is 6.61. The Bertz CT molecular complexity index is 1860. The molecule has 1 saturated carbocycles. The van der Waals surface area contributed by atoms with Gasteiger partial charge in [-0.25, -0.2) is 9.59 Å². The lowest BCUT2D eigenvalue weighted by Crippen LogP contribution is -2.39. The van der Waals surface area contributed by atoms with Crippen molar-refractivity contribution in [1.82, 2.24) is 18.9 Å². The zero-order valence-corrected chi connectivity index (χ0v) is 28.9. The second-order valence-corrected chi connectivity index (χ2v) is 14.5. The average molecular weight is 665 g/mol. The summed E-state index contributed by atoms with van der Waals surface area (Å²) in [6.07, 6.45) is 15.1. The van der Waals surface area contributed by atoms with Gasteiger partial charge in [-0.1, -0.05) is 86.7 Å². The van der Waals surface area contributed by atoms with E-state index in [9.17, 15) is 9.59 Å². The van der Waals surface area contributed by atoms with Gasteiger partial charge in [-0.05, 0) is 80.7 Å². The van der Waals surface area contributed by atoms with Gasteiger partial charge in [0, 0.05) is 51.4 Å². The van der Waals surface area contributed by atoms with E-state index in [2.05, 4.69) is 40.1 Å². The van der Waals surface area contributed by atoms with E-state index in [0.717, 1.165) is 81.8 Å². The van der Waals surface area contributed by atoms with Crippen LogP contribution in [0.4, 0.5) is 0 Å². The van der Waals surface area contributed by atoms with Crippen LogP contribution in [-0.2, 0) is 6.42 Å². The Morgan fingerprint density at radius 1 is 0.531 bits per heavy atom. The number of hydrogen-bond acceptors (Lipinski definition) is 6. The standard InChI is InChI=1S/C21H30N2O2.C20H22N2O2/c24-21-23(19-10-6-7-11-20(19)25-21)18-12-14-22(15-13-18)16-17-8-4-2-1-3-5-9-17;23-20-22(18-8-4-5-9-19(18)24-20)17-11-14-21(15-12-17)13-10-16-6-2-1-3-7-16/h6-7,10-11,17-18H,1-5,8-9,12-16H2;1-9,17H,10-15H2. The number of likely N-dealkylation sites (tertiary alicyclic amines) is 2. The predicted octanol–water partition coefficient (Wildman–Crippen LogP) is 8.07. The van der Waals surface area contributed by atoms with Crippen molar-refractivity contribution in [2.45, 2.75) is 89.1 Å². The van der Waals surface area contributed by atoms with E-state index in [1.807, 2.05) is 57.7 Å². The van der Waals surface area contributed by atoms with Gasteiger partial charge in [-0.15, -0.1) is 0 Å². The summed E-state index contributed by atoms with van der Waals surface area (Å²) in [7, 11) is 0. The summed E-state index contributed by atoms with van der Waals surface area (Å²) < 4.78 is 14.5. The molecule has 1 aliphatic carbocycles. The lowest BCUT2D eigenvalue weighted by atomic mass is 9.90. The number of fused-ring (bicyclic) bond motifs is 2. The van der Waals surface area contributed by atoms with Crippen LogP contribution in [0.3, 0.4) is 0 Å². The van der Waals surface area contributed by atoms with Gasteiger partial charge in [-0.2, -0.15) is 0 Å². The van der Waals surface area contributed by atoms with Gasteiger partial charge in [0.15, 0.2) is 11.2 Å². The molecule has 2 aliphatic heterocycles. The lowest BCUT2D eigenvalue weighted by molar-refractivity contribution is 0.150. The smallest absolute Gasteiger partial charge is 0.408 e. The van der Waals surface area contributed by atoms with E-state index >= 15 is 0 Å². The third kappa shape index (κ3) is 8.30. The van der Waals surface area contributed by atoms with Crippen LogP contribution in [0.15, 0.2) is 97.3 Å². The molecule has 5 aromatic rings. The molecule has 260 valence electrons. The second-order valence-electron chi connectivity index (χ2n) is 14.5. The first-order valence-electron chi connectivity index (χ1n) is 18.8. The van der Waals surface area contributed by atoms with E-state index in [-0.39, 0.29) is 23.6 Å². The SMILES string of the molecule is O=c1oc2ccccc2n1C1CCN(CC2CCCCCCC2)CC1.O=c1oc2ccccc2n1C1CCN(CCc2ccccc2)CC1. The van der Waals surface area contributed by atoms with Gasteiger partial charge in [0.2, 0.25) is 0 Å². The lowest BCUT2D eigenvalue weighted by Gasteiger charge is -2.35. The van der Waals surface area contributed by atoms with Crippen LogP contribution in [0.1, 0.15) is 88.3 Å². The van der Waals surface area contributed by atoms with Crippen molar-refractivity contribution in [3.05, 3.63) is 106 Å². The van der Waals surface area contributed by atoms with Gasteiger partial charge in [-0.3, -0.25) is 9.13 Å². The maximum atomic E-state index is 12.3. The van der Waals surface area contributed by atoms with E-state index in [4.69, 9.17) is 8.83 Å². The Kier molecular flexibility index (Phi) is 11.1. The molecule has 3 aliphatic rings. The zero-order valence-electron chi connectivity index (χ0n) is 28.9. The van der Waals surface area contributed by atoms with Crippen LogP contribution in [0.2, 0.25) is 0 Å². The zero-order chi connectivity index (χ0) is 33.4. The first-order chi connectivity index (χ1) is 24.1. The minimum Gasteiger partial charge on any atom is -0.408 e. The van der Waals surface area contributed by atoms with Gasteiger partial charge in [0.05, 0.1) is 11.0 Å². The third-order valence-electron chi connectivity index (χ3n) is 11.2. The van der Waals surface area contributed by atoms with Crippen molar-refractivity contribution in [2.24, 2.45) is 5.92 Å². The molecule has 0 amide bonds. The van der Waals surface area contributed by atoms with Gasteiger partial charge in [0.25, 0.3) is 0 Å². The molecule has 0 N–H and O–H groups in total. The second kappa shape index (κ2) is 16.2. The number of para-hydroxylation sites is 4. The van der Waals surface area contributed by atoms with Crippen molar-refractivity contribution < 1.29 is 8.83 Å². The van der Waals surface area contributed by atoms with Gasteiger partial charge in [0.1, 0.15) is 0 Å². The Morgan fingerprint density at radius 3 is 1.55 bits per heavy atom. The fourth-order valence-electron chi connectivity index (χ4n) is 8.44. The minimum absolute atomic E-state index is 0.195. The normalized spacial score (nSPS) is 19.4. The van der Waals surface area contributed by atoms with Crippen LogP contribution < -0.4 is 11.5 Å². The average Bonchev–Trinajstić information content (AvgIpc) is 3.65. The van der Waals surface area contributed by atoms with E-state index in [1.165, 1.54) is 57.1 Å². The fraction of sp³-hybridized carbons (Fsp3) is 0.512. The van der Waals surface area contributed by atoms with Gasteiger partial charge >= 0.3 is 11.5 Å². The molecule has 0 bridgehead atoms. The minimum atomic E-state index is -0.223. The molecule has 4 heterocycles. The summed E-state index contributed by atoms with van der Waals surface area (Å²) in [6, 6.07) is 26.6. The van der Waals surface area contributed by atoms with Crippen molar-refractivity contribution in [1.29, 1.82) is 0 Å². The van der Waals surface area contributed by atoms with Crippen molar-refractivity contribution in [3.8, 4) is 0 Å². The molecule has 0 unspecified atom stereocenters. The molecule has 3 fully saturated rings. The van der Waals surface area contributed by atoms with E-state index in [0.29, 0.717) is 11.2 Å². The number of benzene rings is 3. The largest absolute Gasteiger partial charge is 0.420 e. The Hall–Kier alpha value is -3.88. The summed E-state index contributed by atoms with van der Waals surface area (Å²) in [5.74, 6) is 0.466. The maximum absolute atomic E-state index is 12.3. The van der Waals surface area contributed by atoms with Crippen LogP contribution in [0.5, 0.6) is 0 Å². The molecular weight excluding hydrogens is 612 g/mol. The molecule has 8 nitrogen and oxygen atoms in total. The highest BCUT2D eigenvalue weighted by atomic mass is 16.4. The molecule has 0 spiro atoms. The number of rotatable bonds is 7. The predicted molar refractivity (Wildman–Crippen MR) is 196 cm³/mol. The summed E-state index contributed by atoms with van der Waals surface area (Å²) in [5, 5.41) is 0. The first-order valence-corrected chi connectivity index (χ1v) is 18.8. The molecule has 8 rings (SSSR count). The third-order valence-corrected chi connectivity index (χ3v) is 11.2. The number of oxazole rings is 2.